The van der Waals surface area contributed by atoms with Crippen molar-refractivity contribution < 1.29 is 14.0 Å². The highest BCUT2D eigenvalue weighted by Crippen LogP contribution is 2.19. The fraction of sp³-hybridized carbons (Fsp3) is 0.304. The Labute approximate surface area is 169 Å². The summed E-state index contributed by atoms with van der Waals surface area (Å²) in [7, 11) is 0. The summed E-state index contributed by atoms with van der Waals surface area (Å²) in [6.45, 7) is 3.75. The summed E-state index contributed by atoms with van der Waals surface area (Å²) in [6.07, 6.45) is 2.63. The van der Waals surface area contributed by atoms with E-state index in [4.69, 9.17) is 0 Å². The molecular formula is C23H26FN3O2. The number of aromatic amines is 1. The SMILES string of the molecule is CC(C)NC(=O)C(Cc1c[nH]c2ccccc12)NC(=O)CCc1ccccc1F. The monoisotopic (exact) mass is 395 g/mol. The van der Waals surface area contributed by atoms with Crippen LogP contribution < -0.4 is 10.6 Å². The number of H-pyrrole nitrogens is 1. The van der Waals surface area contributed by atoms with E-state index in [1.165, 1.54) is 6.07 Å². The van der Waals surface area contributed by atoms with Crippen molar-refractivity contribution in [3.8, 4) is 0 Å². The molecular weight excluding hydrogens is 369 g/mol. The normalized spacial score (nSPS) is 12.1. The molecule has 0 saturated heterocycles. The number of fused-ring (bicyclic) bond motifs is 1. The minimum Gasteiger partial charge on any atom is -0.361 e. The van der Waals surface area contributed by atoms with E-state index in [0.29, 0.717) is 12.0 Å². The van der Waals surface area contributed by atoms with Crippen molar-refractivity contribution >= 4 is 22.7 Å². The maximum atomic E-state index is 13.8. The van der Waals surface area contributed by atoms with Crippen molar-refractivity contribution in [3.63, 3.8) is 0 Å². The zero-order valence-electron chi connectivity index (χ0n) is 16.7. The van der Waals surface area contributed by atoms with Gasteiger partial charge in [-0.2, -0.15) is 0 Å². The average Bonchev–Trinajstić information content (AvgIpc) is 3.09. The highest BCUT2D eigenvalue weighted by Gasteiger charge is 2.23. The number of benzene rings is 2. The number of amides is 2. The maximum Gasteiger partial charge on any atom is 0.243 e. The molecule has 1 unspecified atom stereocenters. The third-order valence-corrected chi connectivity index (χ3v) is 4.76. The van der Waals surface area contributed by atoms with Crippen LogP contribution in [0.5, 0.6) is 0 Å². The van der Waals surface area contributed by atoms with Gasteiger partial charge in [0.2, 0.25) is 11.8 Å². The molecule has 6 heteroatoms. The molecule has 3 rings (SSSR count). The molecule has 2 aromatic carbocycles. The highest BCUT2D eigenvalue weighted by molar-refractivity contribution is 5.89. The Morgan fingerprint density at radius 2 is 1.72 bits per heavy atom. The van der Waals surface area contributed by atoms with Gasteiger partial charge in [0.05, 0.1) is 0 Å². The minimum absolute atomic E-state index is 0.0386. The van der Waals surface area contributed by atoms with Gasteiger partial charge in [0.25, 0.3) is 0 Å². The van der Waals surface area contributed by atoms with E-state index >= 15 is 0 Å². The molecule has 152 valence electrons. The van der Waals surface area contributed by atoms with Crippen molar-refractivity contribution in [2.24, 2.45) is 0 Å². The third-order valence-electron chi connectivity index (χ3n) is 4.76. The molecule has 0 saturated carbocycles. The fourth-order valence-electron chi connectivity index (χ4n) is 3.33. The van der Waals surface area contributed by atoms with Gasteiger partial charge < -0.3 is 15.6 Å². The molecule has 0 aliphatic carbocycles. The average molecular weight is 395 g/mol. The first kappa shape index (κ1) is 20.6. The number of hydrogen-bond donors (Lipinski definition) is 3. The van der Waals surface area contributed by atoms with E-state index < -0.39 is 6.04 Å². The van der Waals surface area contributed by atoms with Crippen molar-refractivity contribution in [2.75, 3.05) is 0 Å². The minimum atomic E-state index is -0.704. The molecule has 1 heterocycles. The standard InChI is InChI=1S/C23H26FN3O2/c1-15(2)26-23(29)21(13-17-14-25-20-10-6-4-8-18(17)20)27-22(28)12-11-16-7-3-5-9-19(16)24/h3-10,14-15,21,25H,11-13H2,1-2H3,(H,26,29)(H,27,28). The zero-order valence-corrected chi connectivity index (χ0v) is 16.7. The van der Waals surface area contributed by atoms with Gasteiger partial charge >= 0.3 is 0 Å². The summed E-state index contributed by atoms with van der Waals surface area (Å²) >= 11 is 0. The van der Waals surface area contributed by atoms with E-state index in [-0.39, 0.29) is 36.5 Å². The molecule has 1 atom stereocenters. The second-order valence-corrected chi connectivity index (χ2v) is 7.44. The molecule has 0 aliphatic rings. The molecule has 2 amide bonds. The van der Waals surface area contributed by atoms with Gasteiger partial charge in [-0.3, -0.25) is 9.59 Å². The lowest BCUT2D eigenvalue weighted by molar-refractivity contribution is -0.129. The van der Waals surface area contributed by atoms with Crippen LogP contribution in [0, 0.1) is 5.82 Å². The first-order valence-corrected chi connectivity index (χ1v) is 9.82. The molecule has 29 heavy (non-hydrogen) atoms. The molecule has 0 radical (unpaired) electrons. The van der Waals surface area contributed by atoms with Crippen LogP contribution in [-0.4, -0.2) is 28.9 Å². The van der Waals surface area contributed by atoms with Gasteiger partial charge in [-0.1, -0.05) is 36.4 Å². The van der Waals surface area contributed by atoms with Crippen LogP contribution >= 0.6 is 0 Å². The first-order valence-electron chi connectivity index (χ1n) is 9.82. The number of para-hydroxylation sites is 1. The predicted molar refractivity (Wildman–Crippen MR) is 112 cm³/mol. The lowest BCUT2D eigenvalue weighted by Crippen LogP contribution is -2.49. The predicted octanol–water partition coefficient (Wildman–Crippen LogP) is 3.49. The number of aromatic nitrogens is 1. The summed E-state index contributed by atoms with van der Waals surface area (Å²) in [6, 6.07) is 13.5. The molecule has 0 aliphatic heterocycles. The Morgan fingerprint density at radius 3 is 2.48 bits per heavy atom. The fourth-order valence-corrected chi connectivity index (χ4v) is 3.33. The highest BCUT2D eigenvalue weighted by atomic mass is 19.1. The van der Waals surface area contributed by atoms with E-state index in [1.54, 1.807) is 18.2 Å². The van der Waals surface area contributed by atoms with Crippen LogP contribution in [0.2, 0.25) is 0 Å². The Morgan fingerprint density at radius 1 is 1.00 bits per heavy atom. The van der Waals surface area contributed by atoms with Crippen LogP contribution in [0.25, 0.3) is 10.9 Å². The van der Waals surface area contributed by atoms with E-state index in [0.717, 1.165) is 16.5 Å². The molecule has 5 nitrogen and oxygen atoms in total. The molecule has 3 N–H and O–H groups in total. The van der Waals surface area contributed by atoms with Gasteiger partial charge in [0.1, 0.15) is 11.9 Å². The number of carbonyl (C=O) groups is 2. The van der Waals surface area contributed by atoms with Gasteiger partial charge in [-0.25, -0.2) is 4.39 Å². The maximum absolute atomic E-state index is 13.8. The Bertz CT molecular complexity index is 996. The van der Waals surface area contributed by atoms with Gasteiger partial charge in [-0.05, 0) is 43.5 Å². The van der Waals surface area contributed by atoms with Gasteiger partial charge in [-0.15, -0.1) is 0 Å². The zero-order chi connectivity index (χ0) is 20.8. The number of carbonyl (C=O) groups excluding carboxylic acids is 2. The van der Waals surface area contributed by atoms with Crippen molar-refractivity contribution in [1.29, 1.82) is 0 Å². The second kappa shape index (κ2) is 9.37. The molecule has 3 aromatic rings. The number of aryl methyl sites for hydroxylation is 1. The Balaban J connectivity index is 1.70. The number of halogens is 1. The topological polar surface area (TPSA) is 74.0 Å². The largest absolute Gasteiger partial charge is 0.361 e. The number of hydrogen-bond acceptors (Lipinski definition) is 2. The number of nitrogens with one attached hydrogen (secondary N) is 3. The van der Waals surface area contributed by atoms with Gasteiger partial charge in [0.15, 0.2) is 0 Å². The van der Waals surface area contributed by atoms with Crippen LogP contribution in [-0.2, 0) is 22.4 Å². The Kier molecular flexibility index (Phi) is 6.65. The summed E-state index contributed by atoms with van der Waals surface area (Å²) in [5.41, 5.74) is 2.43. The quantitative estimate of drug-likeness (QED) is 0.546. The van der Waals surface area contributed by atoms with Crippen LogP contribution in [0.1, 0.15) is 31.4 Å². The lowest BCUT2D eigenvalue weighted by atomic mass is 10.0. The van der Waals surface area contributed by atoms with Crippen LogP contribution in [0.4, 0.5) is 4.39 Å². The van der Waals surface area contributed by atoms with Gasteiger partial charge in [0, 0.05) is 36.0 Å². The van der Waals surface area contributed by atoms with Crippen molar-refractivity contribution in [1.82, 2.24) is 15.6 Å². The summed E-state index contributed by atoms with van der Waals surface area (Å²) in [5.74, 6) is -0.838. The smallest absolute Gasteiger partial charge is 0.243 e. The summed E-state index contributed by atoms with van der Waals surface area (Å²) in [5, 5.41) is 6.72. The van der Waals surface area contributed by atoms with Crippen molar-refractivity contribution in [3.05, 3.63) is 71.7 Å². The second-order valence-electron chi connectivity index (χ2n) is 7.44. The van der Waals surface area contributed by atoms with Crippen LogP contribution in [0.3, 0.4) is 0 Å². The lowest BCUT2D eigenvalue weighted by Gasteiger charge is -2.20. The van der Waals surface area contributed by atoms with E-state index in [1.807, 2.05) is 44.3 Å². The molecule has 0 fully saturated rings. The first-order chi connectivity index (χ1) is 13.9. The molecule has 1 aromatic heterocycles. The Hall–Kier alpha value is -3.15. The number of rotatable bonds is 8. The molecule has 0 bridgehead atoms. The third kappa shape index (κ3) is 5.44. The van der Waals surface area contributed by atoms with Crippen molar-refractivity contribution in [2.45, 2.75) is 45.2 Å². The summed E-state index contributed by atoms with van der Waals surface area (Å²) < 4.78 is 13.8. The van der Waals surface area contributed by atoms with E-state index in [2.05, 4.69) is 15.6 Å². The van der Waals surface area contributed by atoms with E-state index in [9.17, 15) is 14.0 Å². The van der Waals surface area contributed by atoms with Crippen LogP contribution in [0.15, 0.2) is 54.7 Å². The summed E-state index contributed by atoms with van der Waals surface area (Å²) in [4.78, 5) is 28.4. The molecule has 0 spiro atoms.